The lowest BCUT2D eigenvalue weighted by atomic mass is 9.78. The molecule has 3 atom stereocenters. The number of aromatic nitrogens is 3. The minimum Gasteiger partial charge on any atom is -0.481 e. The summed E-state index contributed by atoms with van der Waals surface area (Å²) in [5.41, 5.74) is 6.29. The number of hydrogen-bond acceptors (Lipinski definition) is 5. The number of benzene rings is 2. The molecule has 1 saturated carbocycles. The van der Waals surface area contributed by atoms with Crippen molar-refractivity contribution < 1.29 is 18.3 Å². The molecule has 9 heteroatoms. The molecule has 3 aromatic rings. The monoisotopic (exact) mass is 524 g/mol. The number of hydrogen-bond donors (Lipinski definition) is 1. The Morgan fingerprint density at radius 3 is 2.62 bits per heavy atom. The molecule has 1 saturated heterocycles. The zero-order valence-corrected chi connectivity index (χ0v) is 22.7. The van der Waals surface area contributed by atoms with Gasteiger partial charge in [0.2, 0.25) is 10.0 Å². The summed E-state index contributed by atoms with van der Waals surface area (Å²) in [6.07, 6.45) is 5.30. The fourth-order valence-corrected chi connectivity index (χ4v) is 7.96. The van der Waals surface area contributed by atoms with Crippen LogP contribution in [0.5, 0.6) is 0 Å². The second kappa shape index (κ2) is 10.2. The van der Waals surface area contributed by atoms with E-state index in [0.717, 1.165) is 58.1 Å². The summed E-state index contributed by atoms with van der Waals surface area (Å²) in [5, 5.41) is 18.2. The third kappa shape index (κ3) is 5.16. The van der Waals surface area contributed by atoms with Crippen molar-refractivity contribution in [3.63, 3.8) is 0 Å². The van der Waals surface area contributed by atoms with Crippen molar-refractivity contribution in [3.8, 4) is 0 Å². The van der Waals surface area contributed by atoms with E-state index in [0.29, 0.717) is 24.9 Å². The zero-order valence-electron chi connectivity index (χ0n) is 21.9. The van der Waals surface area contributed by atoms with Gasteiger partial charge in [0, 0.05) is 26.1 Å². The first-order valence-corrected chi connectivity index (χ1v) is 14.8. The molecule has 2 heterocycles. The molecular weight excluding hydrogens is 488 g/mol. The van der Waals surface area contributed by atoms with Crippen LogP contribution in [0, 0.1) is 25.7 Å². The Kier molecular flexibility index (Phi) is 7.11. The maximum absolute atomic E-state index is 13.3. The van der Waals surface area contributed by atoms with Crippen molar-refractivity contribution in [2.75, 3.05) is 12.3 Å². The van der Waals surface area contributed by atoms with E-state index < -0.39 is 16.0 Å². The van der Waals surface area contributed by atoms with Crippen LogP contribution in [0.3, 0.4) is 0 Å². The highest BCUT2D eigenvalue weighted by atomic mass is 32.2. The van der Waals surface area contributed by atoms with Crippen LogP contribution in [0.4, 0.5) is 0 Å². The van der Waals surface area contributed by atoms with E-state index in [1.807, 2.05) is 51.2 Å². The van der Waals surface area contributed by atoms with Gasteiger partial charge in [0.25, 0.3) is 0 Å². The van der Waals surface area contributed by atoms with Gasteiger partial charge in [-0.3, -0.25) is 4.79 Å². The Bertz CT molecular complexity index is 1430. The number of sulfonamides is 1. The molecule has 1 aromatic heterocycles. The van der Waals surface area contributed by atoms with Crippen LogP contribution >= 0.6 is 0 Å². The predicted octanol–water partition coefficient (Wildman–Crippen LogP) is 4.53. The molecule has 0 radical (unpaired) electrons. The lowest BCUT2D eigenvalue weighted by molar-refractivity contribution is -0.137. The van der Waals surface area contributed by atoms with Gasteiger partial charge in [0.1, 0.15) is 5.52 Å². The van der Waals surface area contributed by atoms with Gasteiger partial charge in [0.15, 0.2) is 0 Å². The summed E-state index contributed by atoms with van der Waals surface area (Å²) in [6, 6.07) is 9.88. The van der Waals surface area contributed by atoms with E-state index in [1.165, 1.54) is 12.8 Å². The largest absolute Gasteiger partial charge is 0.481 e. The number of carboxylic acids is 1. The summed E-state index contributed by atoms with van der Waals surface area (Å²) in [6.45, 7) is 4.86. The minimum atomic E-state index is -3.34. The number of aliphatic carboxylic acids is 1. The molecule has 5 rings (SSSR count). The van der Waals surface area contributed by atoms with Crippen molar-refractivity contribution in [2.24, 2.45) is 18.9 Å². The Labute approximate surface area is 218 Å². The minimum absolute atomic E-state index is 0.0686. The van der Waals surface area contributed by atoms with Crippen LogP contribution in [0.25, 0.3) is 11.0 Å². The van der Waals surface area contributed by atoms with Gasteiger partial charge in [-0.2, -0.15) is 4.31 Å². The summed E-state index contributed by atoms with van der Waals surface area (Å²) in [7, 11) is -1.51. The molecule has 37 heavy (non-hydrogen) atoms. The fraction of sp³-hybridized carbons (Fsp3) is 0.536. The molecule has 198 valence electrons. The maximum atomic E-state index is 13.3. The first-order valence-electron chi connectivity index (χ1n) is 13.2. The first-order chi connectivity index (χ1) is 17.6. The van der Waals surface area contributed by atoms with E-state index in [-0.39, 0.29) is 18.1 Å². The van der Waals surface area contributed by atoms with Crippen LogP contribution in [0.15, 0.2) is 30.3 Å². The standard InChI is InChI=1S/C28H36N4O4S/c1-18-8-9-21(25(15-27(33)34)24-10-11-26-28(19(24)2)29-30-31(26)3)14-23(18)17-32-16-22-7-5-4-6-20(22)12-13-37(32,35)36/h8-11,14,20,22,25H,4-7,12-13,15-17H2,1-3H3,(H,33,34). The number of aryl methyl sites for hydroxylation is 3. The maximum Gasteiger partial charge on any atom is 0.304 e. The van der Waals surface area contributed by atoms with E-state index in [4.69, 9.17) is 0 Å². The molecule has 2 aliphatic rings. The average molecular weight is 525 g/mol. The van der Waals surface area contributed by atoms with Crippen LogP contribution in [0.2, 0.25) is 0 Å². The molecule has 1 aliphatic heterocycles. The van der Waals surface area contributed by atoms with Crippen LogP contribution in [-0.4, -0.2) is 51.1 Å². The van der Waals surface area contributed by atoms with Gasteiger partial charge in [-0.15, -0.1) is 5.10 Å². The van der Waals surface area contributed by atoms with Gasteiger partial charge in [-0.05, 0) is 72.4 Å². The third-order valence-corrected chi connectivity index (χ3v) is 10.4. The van der Waals surface area contributed by atoms with E-state index in [9.17, 15) is 18.3 Å². The topological polar surface area (TPSA) is 105 Å². The summed E-state index contributed by atoms with van der Waals surface area (Å²) < 4.78 is 29.9. The Hall–Kier alpha value is -2.78. The molecule has 1 aliphatic carbocycles. The van der Waals surface area contributed by atoms with Gasteiger partial charge in [-0.1, -0.05) is 48.7 Å². The normalized spacial score (nSPS) is 22.9. The van der Waals surface area contributed by atoms with Crippen LogP contribution in [-0.2, 0) is 28.4 Å². The molecule has 8 nitrogen and oxygen atoms in total. The number of carboxylic acid groups (broad SMARTS) is 1. The quantitative estimate of drug-likeness (QED) is 0.508. The number of rotatable bonds is 6. The smallest absolute Gasteiger partial charge is 0.304 e. The van der Waals surface area contributed by atoms with Crippen molar-refractivity contribution in [1.29, 1.82) is 0 Å². The highest BCUT2D eigenvalue weighted by Gasteiger charge is 2.36. The molecule has 0 spiro atoms. The van der Waals surface area contributed by atoms with Crippen molar-refractivity contribution in [3.05, 3.63) is 58.1 Å². The van der Waals surface area contributed by atoms with Gasteiger partial charge >= 0.3 is 5.97 Å². The van der Waals surface area contributed by atoms with E-state index in [2.05, 4.69) is 10.3 Å². The Morgan fingerprint density at radius 1 is 1.11 bits per heavy atom. The first kappa shape index (κ1) is 25.9. The highest BCUT2D eigenvalue weighted by molar-refractivity contribution is 7.89. The molecule has 0 bridgehead atoms. The van der Waals surface area contributed by atoms with Crippen LogP contribution in [0.1, 0.15) is 72.3 Å². The number of carbonyl (C=O) groups is 1. The second-order valence-corrected chi connectivity index (χ2v) is 13.0. The molecule has 1 N–H and O–H groups in total. The van der Waals surface area contributed by atoms with Gasteiger partial charge in [0.05, 0.1) is 17.7 Å². The molecule has 0 amide bonds. The lowest BCUT2D eigenvalue weighted by Crippen LogP contribution is -2.35. The van der Waals surface area contributed by atoms with Crippen molar-refractivity contribution >= 4 is 27.0 Å². The third-order valence-electron chi connectivity index (χ3n) is 8.60. The lowest BCUT2D eigenvalue weighted by Gasteiger charge is -2.31. The van der Waals surface area contributed by atoms with Gasteiger partial charge < -0.3 is 5.11 Å². The Balaban J connectivity index is 1.50. The fourth-order valence-electron chi connectivity index (χ4n) is 6.35. The SMILES string of the molecule is Cc1ccc(C(CC(=O)O)c2ccc3c(nnn3C)c2C)cc1CN1CC2CCCCC2CCS1(=O)=O. The highest BCUT2D eigenvalue weighted by Crippen LogP contribution is 2.38. The van der Waals surface area contributed by atoms with Crippen molar-refractivity contribution in [1.82, 2.24) is 19.3 Å². The molecule has 2 fully saturated rings. The summed E-state index contributed by atoms with van der Waals surface area (Å²) in [4.78, 5) is 11.9. The van der Waals surface area contributed by atoms with E-state index in [1.54, 1.807) is 8.99 Å². The van der Waals surface area contributed by atoms with E-state index >= 15 is 0 Å². The number of nitrogens with zero attached hydrogens (tertiary/aromatic N) is 4. The summed E-state index contributed by atoms with van der Waals surface area (Å²) in [5.74, 6) is -0.127. The summed E-state index contributed by atoms with van der Waals surface area (Å²) >= 11 is 0. The van der Waals surface area contributed by atoms with Crippen molar-refractivity contribution in [2.45, 2.75) is 64.8 Å². The molecule has 2 aromatic carbocycles. The number of fused-ring (bicyclic) bond motifs is 2. The second-order valence-electron chi connectivity index (χ2n) is 10.9. The zero-order chi connectivity index (χ0) is 26.3. The predicted molar refractivity (Wildman–Crippen MR) is 143 cm³/mol. The molecular formula is C28H36N4O4S. The Morgan fingerprint density at radius 2 is 1.86 bits per heavy atom. The molecule has 3 unspecified atom stereocenters. The van der Waals surface area contributed by atoms with Gasteiger partial charge in [-0.25, -0.2) is 13.1 Å². The van der Waals surface area contributed by atoms with Crippen LogP contribution < -0.4 is 0 Å². The average Bonchev–Trinajstić information content (AvgIpc) is 3.18.